The molecular formula is C20H14N4O7. The number of nitro benzene ring substituents is 2. The van der Waals surface area contributed by atoms with Gasteiger partial charge in [0.1, 0.15) is 18.4 Å². The minimum absolute atomic E-state index is 0.0579. The van der Waals surface area contributed by atoms with Crippen molar-refractivity contribution in [2.75, 3.05) is 5.32 Å². The summed E-state index contributed by atoms with van der Waals surface area (Å²) in [6, 6.07) is 12.6. The van der Waals surface area contributed by atoms with Crippen LogP contribution in [0.2, 0.25) is 0 Å². The monoisotopic (exact) mass is 422 g/mol. The van der Waals surface area contributed by atoms with Gasteiger partial charge in [-0.3, -0.25) is 25.0 Å². The average Bonchev–Trinajstić information content (AvgIpc) is 3.22. The standard InChI is InChI=1S/C20H14N4O7/c1-12-2-6-18(17(8-12)24(28)29)30-11-15-4-7-19(31-15)20(25)22-16-5-3-14(23(26)27)9-13(16)10-21/h2-9H,11H2,1H3,(H,22,25). The van der Waals surface area contributed by atoms with Gasteiger partial charge in [0.05, 0.1) is 21.1 Å². The molecule has 0 aliphatic rings. The van der Waals surface area contributed by atoms with Crippen LogP contribution in [0, 0.1) is 38.5 Å². The van der Waals surface area contributed by atoms with Crippen LogP contribution in [0.1, 0.15) is 27.4 Å². The van der Waals surface area contributed by atoms with Crippen LogP contribution < -0.4 is 10.1 Å². The molecule has 0 fully saturated rings. The summed E-state index contributed by atoms with van der Waals surface area (Å²) in [6.07, 6.45) is 0. The van der Waals surface area contributed by atoms with Gasteiger partial charge in [0.2, 0.25) is 0 Å². The van der Waals surface area contributed by atoms with Crippen molar-refractivity contribution >= 4 is 23.0 Å². The van der Waals surface area contributed by atoms with Gasteiger partial charge in [-0.1, -0.05) is 6.07 Å². The summed E-state index contributed by atoms with van der Waals surface area (Å²) >= 11 is 0. The van der Waals surface area contributed by atoms with E-state index in [9.17, 15) is 25.0 Å². The summed E-state index contributed by atoms with van der Waals surface area (Å²) in [6.45, 7) is 1.56. The number of anilines is 1. The van der Waals surface area contributed by atoms with Crippen molar-refractivity contribution in [1.82, 2.24) is 0 Å². The molecule has 11 heteroatoms. The van der Waals surface area contributed by atoms with Gasteiger partial charge in [-0.2, -0.15) is 5.26 Å². The van der Waals surface area contributed by atoms with Crippen molar-refractivity contribution in [3.63, 3.8) is 0 Å². The third kappa shape index (κ3) is 4.83. The third-order valence-electron chi connectivity index (χ3n) is 4.15. The first-order valence-electron chi connectivity index (χ1n) is 8.75. The highest BCUT2D eigenvalue weighted by Crippen LogP contribution is 2.29. The molecule has 0 saturated carbocycles. The fourth-order valence-electron chi connectivity index (χ4n) is 2.65. The van der Waals surface area contributed by atoms with Gasteiger partial charge in [0.15, 0.2) is 11.5 Å². The molecule has 3 aromatic rings. The van der Waals surface area contributed by atoms with Crippen molar-refractivity contribution in [1.29, 1.82) is 5.26 Å². The molecule has 156 valence electrons. The topological polar surface area (TPSA) is 162 Å². The molecule has 3 rings (SSSR count). The van der Waals surface area contributed by atoms with Gasteiger partial charge >= 0.3 is 5.69 Å². The number of benzene rings is 2. The number of aryl methyl sites for hydroxylation is 1. The number of carbonyl (C=O) groups is 1. The van der Waals surface area contributed by atoms with Crippen LogP contribution in [-0.4, -0.2) is 15.8 Å². The van der Waals surface area contributed by atoms with Crippen molar-refractivity contribution in [2.24, 2.45) is 0 Å². The van der Waals surface area contributed by atoms with E-state index in [1.54, 1.807) is 19.1 Å². The van der Waals surface area contributed by atoms with Crippen LogP contribution in [0.25, 0.3) is 0 Å². The summed E-state index contributed by atoms with van der Waals surface area (Å²) in [5, 5.41) is 33.6. The summed E-state index contributed by atoms with van der Waals surface area (Å²) in [5.74, 6) is -0.482. The Bertz CT molecular complexity index is 1230. The molecule has 0 aliphatic heterocycles. The van der Waals surface area contributed by atoms with Gasteiger partial charge in [-0.05, 0) is 36.8 Å². The van der Waals surface area contributed by atoms with Gasteiger partial charge < -0.3 is 14.5 Å². The molecular weight excluding hydrogens is 408 g/mol. The third-order valence-corrected chi connectivity index (χ3v) is 4.15. The van der Waals surface area contributed by atoms with Gasteiger partial charge in [0.25, 0.3) is 11.6 Å². The molecule has 0 unspecified atom stereocenters. The predicted octanol–water partition coefficient (Wildman–Crippen LogP) is 4.11. The number of furan rings is 1. The Hall–Kier alpha value is -4.72. The van der Waals surface area contributed by atoms with E-state index in [4.69, 9.17) is 14.4 Å². The Kier molecular flexibility index (Phi) is 5.92. The van der Waals surface area contributed by atoms with Crippen LogP contribution in [0.3, 0.4) is 0 Å². The molecule has 11 nitrogen and oxygen atoms in total. The zero-order chi connectivity index (χ0) is 22.5. The first-order chi connectivity index (χ1) is 14.8. The fraction of sp³-hybridized carbons (Fsp3) is 0.100. The Morgan fingerprint density at radius 3 is 2.58 bits per heavy atom. The molecule has 1 N–H and O–H groups in total. The molecule has 0 saturated heterocycles. The van der Waals surface area contributed by atoms with E-state index in [-0.39, 0.29) is 46.5 Å². The van der Waals surface area contributed by atoms with Crippen LogP contribution in [0.4, 0.5) is 17.1 Å². The molecule has 0 spiro atoms. The van der Waals surface area contributed by atoms with E-state index in [2.05, 4.69) is 5.32 Å². The molecule has 1 amide bonds. The lowest BCUT2D eigenvalue weighted by molar-refractivity contribution is -0.386. The average molecular weight is 422 g/mol. The number of nitrogens with zero attached hydrogens (tertiary/aromatic N) is 3. The van der Waals surface area contributed by atoms with Crippen LogP contribution >= 0.6 is 0 Å². The highest BCUT2D eigenvalue weighted by atomic mass is 16.6. The van der Waals surface area contributed by atoms with Crippen molar-refractivity contribution < 1.29 is 23.8 Å². The van der Waals surface area contributed by atoms with E-state index in [0.29, 0.717) is 5.56 Å². The minimum atomic E-state index is -0.682. The molecule has 0 atom stereocenters. The molecule has 1 heterocycles. The second-order valence-electron chi connectivity index (χ2n) is 6.34. The van der Waals surface area contributed by atoms with Crippen molar-refractivity contribution in [3.05, 3.63) is 91.4 Å². The number of amides is 1. The number of nitrogens with one attached hydrogen (secondary N) is 1. The predicted molar refractivity (Wildman–Crippen MR) is 107 cm³/mol. The molecule has 31 heavy (non-hydrogen) atoms. The zero-order valence-corrected chi connectivity index (χ0v) is 16.0. The molecule has 1 aromatic heterocycles. The number of ether oxygens (including phenoxy) is 1. The van der Waals surface area contributed by atoms with Crippen LogP contribution in [0.5, 0.6) is 5.75 Å². The second kappa shape index (κ2) is 8.75. The number of nitro groups is 2. The maximum atomic E-state index is 12.4. The lowest BCUT2D eigenvalue weighted by Gasteiger charge is -2.06. The summed E-state index contributed by atoms with van der Waals surface area (Å²) in [7, 11) is 0. The smallest absolute Gasteiger partial charge is 0.311 e. The van der Waals surface area contributed by atoms with Crippen LogP contribution in [-0.2, 0) is 6.61 Å². The first-order valence-corrected chi connectivity index (χ1v) is 8.75. The van der Waals surface area contributed by atoms with Gasteiger partial charge in [-0.25, -0.2) is 0 Å². The Morgan fingerprint density at radius 2 is 1.90 bits per heavy atom. The largest absolute Gasteiger partial charge is 0.479 e. The Labute approximate surface area is 174 Å². The highest BCUT2D eigenvalue weighted by molar-refractivity contribution is 6.03. The van der Waals surface area contributed by atoms with E-state index in [1.165, 1.54) is 30.3 Å². The number of hydrogen-bond acceptors (Lipinski definition) is 8. The van der Waals surface area contributed by atoms with E-state index >= 15 is 0 Å². The lowest BCUT2D eigenvalue weighted by atomic mass is 10.1. The van der Waals surface area contributed by atoms with Gasteiger partial charge in [-0.15, -0.1) is 0 Å². The van der Waals surface area contributed by atoms with E-state index in [1.807, 2.05) is 0 Å². The number of carbonyl (C=O) groups excluding carboxylic acids is 1. The lowest BCUT2D eigenvalue weighted by Crippen LogP contribution is -2.12. The van der Waals surface area contributed by atoms with E-state index in [0.717, 1.165) is 12.1 Å². The van der Waals surface area contributed by atoms with Crippen molar-refractivity contribution in [2.45, 2.75) is 13.5 Å². The fourth-order valence-corrected chi connectivity index (χ4v) is 2.65. The molecule has 0 radical (unpaired) electrons. The van der Waals surface area contributed by atoms with Crippen molar-refractivity contribution in [3.8, 4) is 11.8 Å². The summed E-state index contributed by atoms with van der Waals surface area (Å²) in [5.41, 5.74) is 0.245. The number of nitriles is 1. The minimum Gasteiger partial charge on any atom is -0.479 e. The Balaban J connectivity index is 1.70. The number of rotatable bonds is 7. The molecule has 2 aromatic carbocycles. The number of non-ortho nitro benzene ring substituents is 1. The zero-order valence-electron chi connectivity index (χ0n) is 16.0. The maximum Gasteiger partial charge on any atom is 0.311 e. The molecule has 0 bridgehead atoms. The van der Waals surface area contributed by atoms with Gasteiger partial charge in [0, 0.05) is 18.2 Å². The quantitative estimate of drug-likeness (QED) is 0.439. The maximum absolute atomic E-state index is 12.4. The van der Waals surface area contributed by atoms with Crippen LogP contribution in [0.15, 0.2) is 52.9 Å². The SMILES string of the molecule is Cc1ccc(OCc2ccc(C(=O)Nc3ccc([N+](=O)[O-])cc3C#N)o2)c([N+](=O)[O-])c1. The summed E-state index contributed by atoms with van der Waals surface area (Å²) in [4.78, 5) is 33.1. The number of hydrogen-bond donors (Lipinski definition) is 1. The Morgan fingerprint density at radius 1 is 1.13 bits per heavy atom. The summed E-state index contributed by atoms with van der Waals surface area (Å²) < 4.78 is 10.8. The second-order valence-corrected chi connectivity index (χ2v) is 6.34. The molecule has 0 aliphatic carbocycles. The first kappa shape index (κ1) is 21.0. The highest BCUT2D eigenvalue weighted by Gasteiger charge is 2.18. The van der Waals surface area contributed by atoms with E-state index < -0.39 is 15.8 Å². The normalized spacial score (nSPS) is 10.2.